The predicted molar refractivity (Wildman–Crippen MR) is 77.1 cm³/mol. The van der Waals surface area contributed by atoms with Crippen LogP contribution in [0, 0.1) is 5.92 Å². The molecule has 1 atom stereocenters. The number of carbonyl (C=O) groups is 1. The zero-order valence-corrected chi connectivity index (χ0v) is 12.5. The molecule has 1 aromatic carbocycles. The fraction of sp³-hybridized carbons (Fsp3) is 0.562. The standard InChI is InChI=1S/C16H22F3NO/c1-3-5-6-12(4-2)11-20-15(21)13-7-9-14(10-8-13)16(17,18)19/h7-10,12H,3-6,11H2,1-2H3,(H,20,21)/t12-/m1/s1. The average molecular weight is 301 g/mol. The fourth-order valence-electron chi connectivity index (χ4n) is 2.09. The van der Waals surface area contributed by atoms with Crippen molar-refractivity contribution in [2.45, 2.75) is 45.7 Å². The fourth-order valence-corrected chi connectivity index (χ4v) is 2.09. The molecule has 0 bridgehead atoms. The Balaban J connectivity index is 2.55. The molecule has 0 unspecified atom stereocenters. The summed E-state index contributed by atoms with van der Waals surface area (Å²) in [5, 5.41) is 2.80. The molecule has 0 heterocycles. The molecule has 0 aliphatic rings. The van der Waals surface area contributed by atoms with Crippen LogP contribution in [0.5, 0.6) is 0 Å². The van der Waals surface area contributed by atoms with E-state index in [1.54, 1.807) is 0 Å². The van der Waals surface area contributed by atoms with Gasteiger partial charge in [-0.05, 0) is 36.6 Å². The molecule has 1 amide bonds. The molecule has 0 fully saturated rings. The summed E-state index contributed by atoms with van der Waals surface area (Å²) in [4.78, 5) is 11.9. The van der Waals surface area contributed by atoms with Crippen LogP contribution in [0.3, 0.4) is 0 Å². The molecule has 118 valence electrons. The van der Waals surface area contributed by atoms with Crippen molar-refractivity contribution in [1.29, 1.82) is 0 Å². The van der Waals surface area contributed by atoms with Gasteiger partial charge in [-0.3, -0.25) is 4.79 Å². The van der Waals surface area contributed by atoms with E-state index in [2.05, 4.69) is 19.2 Å². The maximum atomic E-state index is 12.4. The van der Waals surface area contributed by atoms with Crippen molar-refractivity contribution in [2.24, 2.45) is 5.92 Å². The van der Waals surface area contributed by atoms with Gasteiger partial charge < -0.3 is 5.32 Å². The second kappa shape index (κ2) is 8.05. The molecule has 0 aliphatic heterocycles. The molecule has 2 nitrogen and oxygen atoms in total. The summed E-state index contributed by atoms with van der Waals surface area (Å²) in [5.41, 5.74) is -0.484. The monoisotopic (exact) mass is 301 g/mol. The number of benzene rings is 1. The van der Waals surface area contributed by atoms with Gasteiger partial charge in [0.05, 0.1) is 5.56 Å². The van der Waals surface area contributed by atoms with E-state index in [1.807, 2.05) is 0 Å². The first-order chi connectivity index (χ1) is 9.88. The Hall–Kier alpha value is -1.52. The summed E-state index contributed by atoms with van der Waals surface area (Å²) in [6.07, 6.45) is -0.103. The van der Waals surface area contributed by atoms with Crippen LogP contribution in [0.2, 0.25) is 0 Å². The molecule has 0 spiro atoms. The van der Waals surface area contributed by atoms with Gasteiger partial charge in [0.2, 0.25) is 0 Å². The summed E-state index contributed by atoms with van der Waals surface area (Å²) in [6.45, 7) is 4.76. The van der Waals surface area contributed by atoms with E-state index in [-0.39, 0.29) is 11.5 Å². The quantitative estimate of drug-likeness (QED) is 0.780. The van der Waals surface area contributed by atoms with E-state index in [0.29, 0.717) is 12.5 Å². The Bertz CT molecular complexity index is 440. The number of hydrogen-bond acceptors (Lipinski definition) is 1. The van der Waals surface area contributed by atoms with Crippen LogP contribution in [0.1, 0.15) is 55.5 Å². The third kappa shape index (κ3) is 5.78. The van der Waals surface area contributed by atoms with E-state index in [9.17, 15) is 18.0 Å². The third-order valence-corrected chi connectivity index (χ3v) is 3.57. The van der Waals surface area contributed by atoms with Crippen molar-refractivity contribution < 1.29 is 18.0 Å². The van der Waals surface area contributed by atoms with Crippen molar-refractivity contribution in [3.63, 3.8) is 0 Å². The Morgan fingerprint density at radius 2 is 1.81 bits per heavy atom. The maximum Gasteiger partial charge on any atom is 0.416 e. The summed E-state index contributed by atoms with van der Waals surface area (Å²) in [5.74, 6) is 0.0991. The van der Waals surface area contributed by atoms with Crippen LogP contribution in [-0.4, -0.2) is 12.5 Å². The van der Waals surface area contributed by atoms with E-state index in [1.165, 1.54) is 12.1 Å². The van der Waals surface area contributed by atoms with Crippen LogP contribution in [0.4, 0.5) is 13.2 Å². The highest BCUT2D eigenvalue weighted by Crippen LogP contribution is 2.29. The number of hydrogen-bond donors (Lipinski definition) is 1. The zero-order valence-electron chi connectivity index (χ0n) is 12.5. The van der Waals surface area contributed by atoms with Crippen LogP contribution < -0.4 is 5.32 Å². The van der Waals surface area contributed by atoms with Crippen molar-refractivity contribution in [1.82, 2.24) is 5.32 Å². The van der Waals surface area contributed by atoms with Gasteiger partial charge in [-0.25, -0.2) is 0 Å². The van der Waals surface area contributed by atoms with Crippen molar-refractivity contribution in [3.8, 4) is 0 Å². The molecule has 1 rings (SSSR count). The van der Waals surface area contributed by atoms with Crippen LogP contribution in [-0.2, 0) is 6.18 Å². The first-order valence-electron chi connectivity index (χ1n) is 7.33. The minimum atomic E-state index is -4.37. The average Bonchev–Trinajstić information content (AvgIpc) is 2.46. The van der Waals surface area contributed by atoms with Crippen molar-refractivity contribution in [3.05, 3.63) is 35.4 Å². The number of halogens is 3. The molecule has 1 aromatic rings. The Morgan fingerprint density at radius 3 is 2.29 bits per heavy atom. The Labute approximate surface area is 123 Å². The minimum absolute atomic E-state index is 0.258. The number of amides is 1. The smallest absolute Gasteiger partial charge is 0.352 e. The van der Waals surface area contributed by atoms with E-state index in [4.69, 9.17) is 0 Å². The van der Waals surface area contributed by atoms with Gasteiger partial charge >= 0.3 is 6.18 Å². The highest BCUT2D eigenvalue weighted by molar-refractivity contribution is 5.94. The van der Waals surface area contributed by atoms with Gasteiger partial charge in [-0.15, -0.1) is 0 Å². The normalized spacial score (nSPS) is 13.0. The molecule has 21 heavy (non-hydrogen) atoms. The van der Waals surface area contributed by atoms with E-state index >= 15 is 0 Å². The minimum Gasteiger partial charge on any atom is -0.352 e. The first kappa shape index (κ1) is 17.5. The molecular weight excluding hydrogens is 279 g/mol. The molecular formula is C16H22F3NO. The molecule has 0 saturated heterocycles. The van der Waals surface area contributed by atoms with Crippen LogP contribution >= 0.6 is 0 Å². The van der Waals surface area contributed by atoms with E-state index < -0.39 is 11.7 Å². The first-order valence-corrected chi connectivity index (χ1v) is 7.33. The summed E-state index contributed by atoms with van der Waals surface area (Å²) in [6, 6.07) is 4.29. The largest absolute Gasteiger partial charge is 0.416 e. The number of carbonyl (C=O) groups excluding carboxylic acids is 1. The lowest BCUT2D eigenvalue weighted by atomic mass is 9.99. The Morgan fingerprint density at radius 1 is 1.19 bits per heavy atom. The predicted octanol–water partition coefficient (Wildman–Crippen LogP) is 4.65. The summed E-state index contributed by atoms with van der Waals surface area (Å²) < 4.78 is 37.3. The molecule has 0 aromatic heterocycles. The number of unbranched alkanes of at least 4 members (excludes halogenated alkanes) is 1. The van der Waals surface area contributed by atoms with Crippen molar-refractivity contribution in [2.75, 3.05) is 6.54 Å². The molecule has 0 aliphatic carbocycles. The van der Waals surface area contributed by atoms with Gasteiger partial charge in [0.1, 0.15) is 0 Å². The van der Waals surface area contributed by atoms with Crippen molar-refractivity contribution >= 4 is 5.91 Å². The SMILES string of the molecule is CCCC[C@@H](CC)CNC(=O)c1ccc(C(F)(F)F)cc1. The molecule has 0 radical (unpaired) electrons. The second-order valence-corrected chi connectivity index (χ2v) is 5.20. The lowest BCUT2D eigenvalue weighted by Gasteiger charge is -2.15. The third-order valence-electron chi connectivity index (χ3n) is 3.57. The van der Waals surface area contributed by atoms with Gasteiger partial charge in [0, 0.05) is 12.1 Å². The van der Waals surface area contributed by atoms with Gasteiger partial charge in [-0.1, -0.05) is 33.1 Å². The topological polar surface area (TPSA) is 29.1 Å². The molecule has 5 heteroatoms. The Kier molecular flexibility index (Phi) is 6.72. The van der Waals surface area contributed by atoms with E-state index in [0.717, 1.165) is 37.8 Å². The molecule has 1 N–H and O–H groups in total. The summed E-state index contributed by atoms with van der Waals surface area (Å²) >= 11 is 0. The lowest BCUT2D eigenvalue weighted by Crippen LogP contribution is -2.29. The van der Waals surface area contributed by atoms with Crippen LogP contribution in [0.25, 0.3) is 0 Å². The second-order valence-electron chi connectivity index (χ2n) is 5.20. The zero-order chi connectivity index (χ0) is 15.9. The molecule has 0 saturated carbocycles. The van der Waals surface area contributed by atoms with Gasteiger partial charge in [0.25, 0.3) is 5.91 Å². The van der Waals surface area contributed by atoms with Crippen LogP contribution in [0.15, 0.2) is 24.3 Å². The maximum absolute atomic E-state index is 12.4. The number of alkyl halides is 3. The number of nitrogens with one attached hydrogen (secondary N) is 1. The summed E-state index contributed by atoms with van der Waals surface area (Å²) in [7, 11) is 0. The van der Waals surface area contributed by atoms with Gasteiger partial charge in [-0.2, -0.15) is 13.2 Å². The highest BCUT2D eigenvalue weighted by Gasteiger charge is 2.30. The van der Waals surface area contributed by atoms with Gasteiger partial charge in [0.15, 0.2) is 0 Å². The number of rotatable bonds is 7. The lowest BCUT2D eigenvalue weighted by molar-refractivity contribution is -0.137. The highest BCUT2D eigenvalue weighted by atomic mass is 19.4.